The number of fused-ring (bicyclic) bond motifs is 12. The van der Waals surface area contributed by atoms with Crippen LogP contribution in [0, 0.1) is 0 Å². The Morgan fingerprint density at radius 2 is 0.545 bits per heavy atom. The van der Waals surface area contributed by atoms with Gasteiger partial charge < -0.3 is 61.6 Å². The zero-order valence-electron chi connectivity index (χ0n) is 55.4. The Labute approximate surface area is 585 Å². The van der Waals surface area contributed by atoms with E-state index >= 15 is 0 Å². The zero-order chi connectivity index (χ0) is 67.3. The summed E-state index contributed by atoms with van der Waals surface area (Å²) in [6.45, 7) is 12.1. The Kier molecular flexibility index (Phi) is 22.0. The minimum atomic E-state index is -0.755. The molecule has 0 aliphatic carbocycles. The third-order valence-electron chi connectivity index (χ3n) is 18.2. The summed E-state index contributed by atoms with van der Waals surface area (Å²) >= 11 is 3.10. The lowest BCUT2D eigenvalue weighted by Crippen LogP contribution is -2.34. The number of hydrogen-bond acceptors (Lipinski definition) is 11. The van der Waals surface area contributed by atoms with Crippen LogP contribution >= 0.6 is 23.5 Å². The predicted octanol–water partition coefficient (Wildman–Crippen LogP) is 17.6. The topological polar surface area (TPSA) is 125 Å². The van der Waals surface area contributed by atoms with Crippen molar-refractivity contribution in [2.24, 2.45) is 0 Å². The highest BCUT2D eigenvalue weighted by atomic mass is 32.2. The van der Waals surface area contributed by atoms with E-state index in [4.69, 9.17) is 33.2 Å². The van der Waals surface area contributed by atoms with Crippen molar-refractivity contribution < 1.29 is 43.4 Å². The minimum Gasteiger partial charge on any atom is -0.457 e. The van der Waals surface area contributed by atoms with E-state index in [1.165, 1.54) is 43.1 Å². The fraction of sp³-hybridized carbons (Fsp3) is 0.238. The zero-order valence-corrected chi connectivity index (χ0v) is 57.0. The van der Waals surface area contributed by atoms with Crippen LogP contribution in [0.15, 0.2) is 278 Å². The SMILES string of the molecule is C=CCOCC(COC(Cn1c2ccccc2c2ccccc21)Cn1c2ccccc2c2ccccc21)OCC(O)CSc1ccc(Oc2ccc(SCC(O)COC(COCC=C)COC(Cn3c4ccccc4c4ccccc43)Cn3c4ccccc4c4ccccc43)cc2)cc1. The van der Waals surface area contributed by atoms with E-state index in [-0.39, 0.29) is 51.8 Å². The second kappa shape index (κ2) is 32.4. The van der Waals surface area contributed by atoms with Gasteiger partial charge in [-0.05, 0) is 97.1 Å². The third-order valence-corrected chi connectivity index (χ3v) is 20.5. The molecule has 4 atom stereocenters. The van der Waals surface area contributed by atoms with Gasteiger partial charge in [0.15, 0.2) is 0 Å². The van der Waals surface area contributed by atoms with Gasteiger partial charge in [-0.15, -0.1) is 36.7 Å². The van der Waals surface area contributed by atoms with Crippen LogP contribution in [0.4, 0.5) is 0 Å². The first kappa shape index (κ1) is 67.3. The van der Waals surface area contributed by atoms with Gasteiger partial charge >= 0.3 is 0 Å². The van der Waals surface area contributed by atoms with Crippen LogP contribution in [0.25, 0.3) is 87.2 Å². The number of para-hydroxylation sites is 8. The van der Waals surface area contributed by atoms with Gasteiger partial charge in [0.05, 0.1) is 103 Å². The summed E-state index contributed by atoms with van der Waals surface area (Å²) in [5.41, 5.74) is 9.24. The first-order valence-electron chi connectivity index (χ1n) is 34.0. The molecule has 0 aliphatic heterocycles. The van der Waals surface area contributed by atoms with Crippen LogP contribution in [-0.4, -0.2) is 129 Å². The molecule has 4 heterocycles. The number of nitrogens with zero attached hydrogens (tertiary/aromatic N) is 4. The van der Waals surface area contributed by atoms with E-state index in [0.29, 0.717) is 62.4 Å². The Hall–Kier alpha value is -8.94. The summed E-state index contributed by atoms with van der Waals surface area (Å²) in [4.78, 5) is 1.97. The highest BCUT2D eigenvalue weighted by Crippen LogP contribution is 2.36. The number of benzene rings is 10. The second-order valence-electron chi connectivity index (χ2n) is 25.0. The van der Waals surface area contributed by atoms with Crippen molar-refractivity contribution in [1.82, 2.24) is 18.3 Å². The lowest BCUT2D eigenvalue weighted by atomic mass is 10.2. The Morgan fingerprint density at radius 3 is 0.798 bits per heavy atom. The van der Waals surface area contributed by atoms with Crippen molar-refractivity contribution in [3.05, 3.63) is 268 Å². The number of rotatable bonds is 36. The molecule has 13 nitrogen and oxygen atoms in total. The first-order valence-corrected chi connectivity index (χ1v) is 36.0. The Balaban J connectivity index is 0.565. The maximum Gasteiger partial charge on any atom is 0.127 e. The third kappa shape index (κ3) is 15.7. The van der Waals surface area contributed by atoms with Crippen LogP contribution in [0.3, 0.4) is 0 Å². The summed E-state index contributed by atoms with van der Waals surface area (Å²) in [5, 5.41) is 32.4. The van der Waals surface area contributed by atoms with Gasteiger partial charge in [0.2, 0.25) is 0 Å². The molecule has 10 aromatic carbocycles. The molecule has 14 aromatic rings. The average Bonchev–Trinajstić information content (AvgIpc) is 1.63. The molecule has 0 saturated heterocycles. The molecule has 4 aromatic heterocycles. The maximum absolute atomic E-state index is 11.4. The fourth-order valence-electron chi connectivity index (χ4n) is 13.6. The van der Waals surface area contributed by atoms with Crippen LogP contribution < -0.4 is 4.74 Å². The average molecular weight is 1360 g/mol. The monoisotopic (exact) mass is 1350 g/mol. The molecule has 0 amide bonds. The van der Waals surface area contributed by atoms with Crippen LogP contribution in [0.2, 0.25) is 0 Å². The normalized spacial score (nSPS) is 13.3. The Bertz CT molecular complexity index is 4270. The van der Waals surface area contributed by atoms with E-state index in [2.05, 4.69) is 226 Å². The fourth-order valence-corrected chi connectivity index (χ4v) is 15.2. The lowest BCUT2D eigenvalue weighted by molar-refractivity contribution is -0.0932. The summed E-state index contributed by atoms with van der Waals surface area (Å²) in [7, 11) is 0. The van der Waals surface area contributed by atoms with Gasteiger partial charge in [0.1, 0.15) is 23.7 Å². The molecule has 0 saturated carbocycles. The van der Waals surface area contributed by atoms with Gasteiger partial charge in [-0.1, -0.05) is 158 Å². The van der Waals surface area contributed by atoms with Crippen molar-refractivity contribution in [2.45, 2.75) is 72.6 Å². The molecule has 0 aliphatic rings. The van der Waals surface area contributed by atoms with Gasteiger partial charge in [0.25, 0.3) is 0 Å². The lowest BCUT2D eigenvalue weighted by Gasteiger charge is -2.25. The van der Waals surface area contributed by atoms with Crippen molar-refractivity contribution in [1.29, 1.82) is 0 Å². The van der Waals surface area contributed by atoms with Crippen molar-refractivity contribution in [3.8, 4) is 11.5 Å². The molecule has 0 radical (unpaired) electrons. The highest BCUT2D eigenvalue weighted by Gasteiger charge is 2.25. The quantitative estimate of drug-likeness (QED) is 0.0222. The van der Waals surface area contributed by atoms with Crippen molar-refractivity contribution in [3.63, 3.8) is 0 Å². The van der Waals surface area contributed by atoms with E-state index in [1.54, 1.807) is 35.7 Å². The summed E-state index contributed by atoms with van der Waals surface area (Å²) < 4.78 is 54.7. The van der Waals surface area contributed by atoms with Crippen LogP contribution in [0.1, 0.15) is 0 Å². The molecule has 0 spiro atoms. The highest BCUT2D eigenvalue weighted by molar-refractivity contribution is 7.99. The van der Waals surface area contributed by atoms with E-state index < -0.39 is 24.4 Å². The molecule has 0 bridgehead atoms. The molecule has 2 N–H and O–H groups in total. The van der Waals surface area contributed by atoms with Crippen LogP contribution in [0.5, 0.6) is 11.5 Å². The second-order valence-corrected chi connectivity index (χ2v) is 27.2. The van der Waals surface area contributed by atoms with E-state index in [1.807, 2.05) is 48.5 Å². The van der Waals surface area contributed by atoms with Crippen molar-refractivity contribution >= 4 is 111 Å². The summed E-state index contributed by atoms with van der Waals surface area (Å²) in [6, 6.07) is 84.3. The maximum atomic E-state index is 11.4. The largest absolute Gasteiger partial charge is 0.457 e. The molecule has 14 rings (SSSR count). The van der Waals surface area contributed by atoms with Gasteiger partial charge in [-0.2, -0.15) is 0 Å². The van der Waals surface area contributed by atoms with Crippen LogP contribution in [-0.2, 0) is 54.6 Å². The van der Waals surface area contributed by atoms with E-state index in [9.17, 15) is 10.2 Å². The Morgan fingerprint density at radius 1 is 0.303 bits per heavy atom. The number of hydrogen-bond donors (Lipinski definition) is 2. The molecular weight excluding hydrogens is 1270 g/mol. The summed E-state index contributed by atoms with van der Waals surface area (Å²) in [5.74, 6) is 2.21. The van der Waals surface area contributed by atoms with Gasteiger partial charge in [-0.25, -0.2) is 0 Å². The first-order chi connectivity index (χ1) is 48.8. The number of thioether (sulfide) groups is 2. The van der Waals surface area contributed by atoms with Crippen molar-refractivity contribution in [2.75, 3.05) is 64.4 Å². The summed E-state index contributed by atoms with van der Waals surface area (Å²) in [6.07, 6.45) is 0.503. The number of aliphatic hydroxyl groups excluding tert-OH is 2. The number of aromatic nitrogens is 4. The molecule has 15 heteroatoms. The smallest absolute Gasteiger partial charge is 0.127 e. The minimum absolute atomic E-state index is 0.103. The predicted molar refractivity (Wildman–Crippen MR) is 405 cm³/mol. The van der Waals surface area contributed by atoms with E-state index in [0.717, 1.165) is 53.9 Å². The number of ether oxygens (including phenoxy) is 7. The molecule has 4 unspecified atom stereocenters. The standard InChI is InChI=1S/C84H82N4O9S2/c1-3-45-91-53-65(55-95-63(47-85-77-29-13-5-21-69(77)70-22-6-14-30-78(70)85)48-86-79-31-15-7-23-71(79)72-24-8-16-32-80(72)86)93-51-59(89)57-98-67-41-37-61(38-42-67)97-62-39-43-68(44-40-62)99-58-60(90)52-94-66(54-92-46-4-2)56-96-64(49-87-81-33-17-9-25-73(81)74-26-10-18-34-82(74)87)50-88-83-35-19-11-27-75(83)76-28-12-20-36-84(76)88/h3-44,59-60,63-66,89-90H,1-2,45-58H2. The molecule has 99 heavy (non-hydrogen) atoms. The van der Waals surface area contributed by atoms with Gasteiger partial charge in [-0.3, -0.25) is 0 Å². The number of aliphatic hydroxyl groups is 2. The molecule has 504 valence electrons. The molecular formula is C84H82N4O9S2. The molecule has 0 fully saturated rings. The van der Waals surface area contributed by atoms with Gasteiger partial charge in [0, 0.05) is 109 Å².